The van der Waals surface area contributed by atoms with Crippen LogP contribution in [0.5, 0.6) is 0 Å². The van der Waals surface area contributed by atoms with Crippen LogP contribution in [0.3, 0.4) is 0 Å². The van der Waals surface area contributed by atoms with Crippen LogP contribution < -0.4 is 0 Å². The van der Waals surface area contributed by atoms with Gasteiger partial charge in [-0.1, -0.05) is 36.4 Å². The van der Waals surface area contributed by atoms with E-state index in [9.17, 15) is 24.6 Å². The number of para-hydroxylation sites is 2. The fraction of sp³-hybridized carbons (Fsp3) is 0.261. The molecule has 2 N–H and O–H groups in total. The highest BCUT2D eigenvalue weighted by Crippen LogP contribution is 2.47. The molecule has 0 fully saturated rings. The Kier molecular flexibility index (Phi) is 3.80. The van der Waals surface area contributed by atoms with Crippen molar-refractivity contribution in [2.75, 3.05) is 0 Å². The van der Waals surface area contributed by atoms with Crippen molar-refractivity contribution in [1.29, 1.82) is 0 Å². The molecule has 0 radical (unpaired) electrons. The molecule has 0 aliphatic heterocycles. The molecule has 0 saturated carbocycles. The Balaban J connectivity index is 1.84. The van der Waals surface area contributed by atoms with Gasteiger partial charge in [0.1, 0.15) is 10.8 Å². The molecule has 2 aliphatic carbocycles. The van der Waals surface area contributed by atoms with Gasteiger partial charge >= 0.3 is 11.9 Å². The van der Waals surface area contributed by atoms with Gasteiger partial charge in [0.2, 0.25) is 0 Å². The minimum Gasteiger partial charge on any atom is -0.480 e. The smallest absolute Gasteiger partial charge is 0.317 e. The highest BCUT2D eigenvalue weighted by molar-refractivity contribution is 6.15. The summed E-state index contributed by atoms with van der Waals surface area (Å²) in [5.41, 5.74) is -0.506. The normalized spacial score (nSPS) is 25.0. The summed E-state index contributed by atoms with van der Waals surface area (Å²) in [6.07, 6.45) is -0.504. The number of carbonyl (C=O) groups excluding carboxylic acids is 1. The number of hydrogen-bond acceptors (Lipinski definition) is 5. The minimum atomic E-state index is -1.91. The van der Waals surface area contributed by atoms with Crippen molar-refractivity contribution in [2.45, 2.75) is 25.7 Å². The zero-order valence-corrected chi connectivity index (χ0v) is 16.0. The van der Waals surface area contributed by atoms with Gasteiger partial charge in [0.05, 0.1) is 22.4 Å². The van der Waals surface area contributed by atoms with Crippen LogP contribution in [-0.2, 0) is 40.1 Å². The molecule has 2 unspecified atom stereocenters. The van der Waals surface area contributed by atoms with Gasteiger partial charge in [-0.05, 0) is 36.1 Å². The number of fused-ring (bicyclic) bond motifs is 5. The number of benzene rings is 2. The van der Waals surface area contributed by atoms with Crippen molar-refractivity contribution in [1.82, 2.24) is 9.97 Å². The molecule has 1 aromatic heterocycles. The molecule has 3 aromatic rings. The third kappa shape index (κ3) is 2.41. The Morgan fingerprint density at radius 3 is 1.50 bits per heavy atom. The second-order valence-electron chi connectivity index (χ2n) is 8.19. The number of nitrogens with zero attached hydrogens (tertiary/aromatic N) is 2. The van der Waals surface area contributed by atoms with Crippen LogP contribution in [0.15, 0.2) is 48.5 Å². The molecule has 0 spiro atoms. The molecule has 7 heteroatoms. The summed E-state index contributed by atoms with van der Waals surface area (Å²) in [4.78, 5) is 48.2. The van der Waals surface area contributed by atoms with Crippen molar-refractivity contribution in [2.24, 2.45) is 10.8 Å². The number of aromatic nitrogens is 2. The summed E-state index contributed by atoms with van der Waals surface area (Å²) in [6.45, 7) is 0. The SMILES string of the molecule is O=C(O)C12Cc3ccccc3CC(C(=O)O)(Cc3nc4ccccc4nc3C1)C2=O. The summed E-state index contributed by atoms with van der Waals surface area (Å²) >= 11 is 0. The van der Waals surface area contributed by atoms with Crippen LogP contribution in [0.1, 0.15) is 22.5 Å². The Bertz CT molecular complexity index is 1160. The van der Waals surface area contributed by atoms with Crippen molar-refractivity contribution in [3.63, 3.8) is 0 Å². The predicted molar refractivity (Wildman–Crippen MR) is 106 cm³/mol. The van der Waals surface area contributed by atoms with Crippen LogP contribution >= 0.6 is 0 Å². The number of aliphatic carboxylic acids is 2. The first-order valence-corrected chi connectivity index (χ1v) is 9.69. The standard InChI is InChI=1S/C23H18N2O5/c26-19-22(20(27)28)9-13-5-1-2-6-14(13)10-23(19,21(29)30)12-18-17(11-22)24-15-7-3-4-8-16(15)25-18/h1-8H,9-12H2,(H,27,28)(H,29,30). The minimum absolute atomic E-state index is 0.0691. The summed E-state index contributed by atoms with van der Waals surface area (Å²) in [6, 6.07) is 14.2. The maximum Gasteiger partial charge on any atom is 0.317 e. The lowest BCUT2D eigenvalue weighted by Crippen LogP contribution is -2.53. The lowest BCUT2D eigenvalue weighted by Gasteiger charge is -2.32. The third-order valence-corrected chi connectivity index (χ3v) is 6.46. The summed E-state index contributed by atoms with van der Waals surface area (Å²) < 4.78 is 0. The quantitative estimate of drug-likeness (QED) is 0.631. The number of Topliss-reactive ketones (excluding diaryl/α,β-unsaturated/α-hetero) is 1. The van der Waals surface area contributed by atoms with E-state index in [4.69, 9.17) is 0 Å². The largest absolute Gasteiger partial charge is 0.480 e. The summed E-state index contributed by atoms with van der Waals surface area (Å²) in [7, 11) is 0. The number of hydrogen-bond donors (Lipinski definition) is 2. The van der Waals surface area contributed by atoms with Crippen LogP contribution in [0, 0.1) is 10.8 Å². The van der Waals surface area contributed by atoms with Gasteiger partial charge in [0, 0.05) is 12.8 Å². The molecule has 2 atom stereocenters. The monoisotopic (exact) mass is 402 g/mol. The van der Waals surface area contributed by atoms with Gasteiger partial charge in [0.25, 0.3) is 0 Å². The van der Waals surface area contributed by atoms with E-state index in [1.807, 2.05) is 0 Å². The highest BCUT2D eigenvalue weighted by atomic mass is 16.4. The van der Waals surface area contributed by atoms with Gasteiger partial charge < -0.3 is 10.2 Å². The average molecular weight is 402 g/mol. The van der Waals surface area contributed by atoms with Gasteiger partial charge in [-0.3, -0.25) is 14.4 Å². The molecule has 1 heterocycles. The maximum absolute atomic E-state index is 13.8. The zero-order chi connectivity index (χ0) is 21.1. The van der Waals surface area contributed by atoms with Gasteiger partial charge in [-0.15, -0.1) is 0 Å². The van der Waals surface area contributed by atoms with Crippen LogP contribution in [0.2, 0.25) is 0 Å². The van der Waals surface area contributed by atoms with E-state index in [0.717, 1.165) is 0 Å². The van der Waals surface area contributed by atoms with E-state index < -0.39 is 28.6 Å². The van der Waals surface area contributed by atoms with Crippen molar-refractivity contribution in [3.8, 4) is 0 Å². The Labute approximate surface area is 171 Å². The van der Waals surface area contributed by atoms with Crippen LogP contribution in [-0.4, -0.2) is 37.9 Å². The van der Waals surface area contributed by atoms with E-state index in [1.165, 1.54) is 0 Å². The summed E-state index contributed by atoms with van der Waals surface area (Å²) in [5.74, 6) is -3.41. The first-order chi connectivity index (χ1) is 14.4. The van der Waals surface area contributed by atoms with Crippen molar-refractivity contribution >= 4 is 28.8 Å². The number of carboxylic acids is 2. The van der Waals surface area contributed by atoms with E-state index >= 15 is 0 Å². The third-order valence-electron chi connectivity index (χ3n) is 6.46. The Morgan fingerprint density at radius 2 is 1.10 bits per heavy atom. The van der Waals surface area contributed by atoms with Crippen LogP contribution in [0.25, 0.3) is 11.0 Å². The molecule has 150 valence electrons. The van der Waals surface area contributed by atoms with Gasteiger partial charge in [-0.2, -0.15) is 0 Å². The molecular formula is C23H18N2O5. The topological polar surface area (TPSA) is 117 Å². The average Bonchev–Trinajstić information content (AvgIpc) is 2.90. The molecular weight excluding hydrogens is 384 g/mol. The number of carbonyl (C=O) groups is 3. The fourth-order valence-corrected chi connectivity index (χ4v) is 4.88. The molecule has 0 saturated heterocycles. The second-order valence-corrected chi connectivity index (χ2v) is 8.19. The van der Waals surface area contributed by atoms with E-state index in [1.54, 1.807) is 48.5 Å². The van der Waals surface area contributed by atoms with E-state index in [2.05, 4.69) is 9.97 Å². The number of carboxylic acid groups (broad SMARTS) is 2. The van der Waals surface area contributed by atoms with Crippen molar-refractivity contribution in [3.05, 3.63) is 71.0 Å². The molecule has 2 bridgehead atoms. The van der Waals surface area contributed by atoms with Gasteiger partial charge in [-0.25, -0.2) is 9.97 Å². The first kappa shape index (κ1) is 18.4. The first-order valence-electron chi connectivity index (χ1n) is 9.69. The zero-order valence-electron chi connectivity index (χ0n) is 16.0. The highest BCUT2D eigenvalue weighted by Gasteiger charge is 2.62. The van der Waals surface area contributed by atoms with Crippen molar-refractivity contribution < 1.29 is 24.6 Å². The number of rotatable bonds is 2. The van der Waals surface area contributed by atoms with E-state index in [0.29, 0.717) is 33.5 Å². The summed E-state index contributed by atoms with van der Waals surface area (Å²) in [5, 5.41) is 20.5. The maximum atomic E-state index is 13.8. The Hall–Kier alpha value is -3.61. The van der Waals surface area contributed by atoms with Crippen LogP contribution in [0.4, 0.5) is 0 Å². The lowest BCUT2D eigenvalue weighted by molar-refractivity contribution is -0.165. The number of ketones is 1. The second kappa shape index (κ2) is 6.19. The molecule has 2 aromatic carbocycles. The predicted octanol–water partition coefficient (Wildman–Crippen LogP) is 2.24. The van der Waals surface area contributed by atoms with E-state index in [-0.39, 0.29) is 25.7 Å². The molecule has 30 heavy (non-hydrogen) atoms. The molecule has 0 amide bonds. The van der Waals surface area contributed by atoms with Gasteiger partial charge in [0.15, 0.2) is 5.78 Å². The fourth-order valence-electron chi connectivity index (χ4n) is 4.88. The molecule has 5 rings (SSSR count). The molecule has 2 aliphatic rings. The molecule has 7 nitrogen and oxygen atoms in total. The lowest BCUT2D eigenvalue weighted by atomic mass is 9.66. The Morgan fingerprint density at radius 1 is 0.700 bits per heavy atom.